The summed E-state index contributed by atoms with van der Waals surface area (Å²) < 4.78 is 1.95. The molecule has 2 aromatic heterocycles. The number of amides is 1. The molecule has 0 saturated heterocycles. The maximum atomic E-state index is 12.6. The molecule has 2 heterocycles. The quantitative estimate of drug-likeness (QED) is 0.624. The van der Waals surface area contributed by atoms with Crippen LogP contribution in [0.15, 0.2) is 36.4 Å². The van der Waals surface area contributed by atoms with Gasteiger partial charge in [0.25, 0.3) is 5.91 Å². The third kappa shape index (κ3) is 3.78. The second-order valence-corrected chi connectivity index (χ2v) is 6.87. The zero-order chi connectivity index (χ0) is 19.6. The van der Waals surface area contributed by atoms with Crippen molar-refractivity contribution in [3.63, 3.8) is 0 Å². The van der Waals surface area contributed by atoms with Gasteiger partial charge in [0.05, 0.1) is 24.0 Å². The van der Waals surface area contributed by atoms with Crippen LogP contribution < -0.4 is 5.32 Å². The van der Waals surface area contributed by atoms with Crippen LogP contribution in [-0.4, -0.2) is 37.6 Å². The number of carbonyl (C=O) groups excluding carboxylic acids is 1. The van der Waals surface area contributed by atoms with E-state index >= 15 is 0 Å². The number of aliphatic hydroxyl groups excluding tert-OH is 1. The minimum absolute atomic E-state index is 0.184. The molecule has 0 aliphatic heterocycles. The lowest BCUT2D eigenvalue weighted by molar-refractivity contribution is 0.0911. The molecule has 1 amide bonds. The topological polar surface area (TPSA) is 95.8 Å². The number of benzene rings is 1. The molecule has 0 aliphatic carbocycles. The van der Waals surface area contributed by atoms with Crippen molar-refractivity contribution in [1.29, 1.82) is 0 Å². The largest absolute Gasteiger partial charge is 0.394 e. The Morgan fingerprint density at radius 1 is 1.26 bits per heavy atom. The lowest BCUT2D eigenvalue weighted by Crippen LogP contribution is -2.31. The Balaban J connectivity index is 1.83. The standard InChI is InChI=1S/C20H25N5O2/c1-12(2)25-14(4)19(13(3)24-25)16-10-17(23-22-16)20(27)21-18(11-26)15-8-6-5-7-9-15/h5-10,12,18,26H,11H2,1-4H3,(H,21,27)(H,22,23)/t18-/m0/s1. The molecule has 142 valence electrons. The van der Waals surface area contributed by atoms with E-state index in [0.717, 1.165) is 22.5 Å². The normalized spacial score (nSPS) is 12.4. The van der Waals surface area contributed by atoms with E-state index in [1.165, 1.54) is 0 Å². The van der Waals surface area contributed by atoms with E-state index in [1.807, 2.05) is 48.9 Å². The Bertz CT molecular complexity index is 927. The van der Waals surface area contributed by atoms with Gasteiger partial charge in [-0.05, 0) is 39.3 Å². The SMILES string of the molecule is Cc1nn(C(C)C)c(C)c1-c1cc(C(=O)N[C@@H](CO)c2ccccc2)[nH]n1. The van der Waals surface area contributed by atoms with Crippen LogP contribution in [-0.2, 0) is 0 Å². The highest BCUT2D eigenvalue weighted by Crippen LogP contribution is 2.27. The van der Waals surface area contributed by atoms with E-state index in [4.69, 9.17) is 0 Å². The molecule has 1 atom stereocenters. The van der Waals surface area contributed by atoms with Crippen LogP contribution >= 0.6 is 0 Å². The fraction of sp³-hybridized carbons (Fsp3) is 0.350. The van der Waals surface area contributed by atoms with Crippen LogP contribution in [0.3, 0.4) is 0 Å². The molecule has 0 unspecified atom stereocenters. The number of nitrogens with one attached hydrogen (secondary N) is 2. The van der Waals surface area contributed by atoms with Crippen LogP contribution in [0.5, 0.6) is 0 Å². The van der Waals surface area contributed by atoms with Crippen molar-refractivity contribution in [2.45, 2.75) is 39.8 Å². The van der Waals surface area contributed by atoms with Gasteiger partial charge < -0.3 is 10.4 Å². The Labute approximate surface area is 158 Å². The summed E-state index contributed by atoms with van der Waals surface area (Å²) in [5.74, 6) is -0.316. The zero-order valence-electron chi connectivity index (χ0n) is 16.0. The maximum Gasteiger partial charge on any atom is 0.269 e. The molecule has 0 radical (unpaired) electrons. The fourth-order valence-electron chi connectivity index (χ4n) is 3.26. The first-order valence-corrected chi connectivity index (χ1v) is 9.00. The number of aryl methyl sites for hydroxylation is 1. The highest BCUT2D eigenvalue weighted by molar-refractivity contribution is 5.93. The molecule has 3 N–H and O–H groups in total. The number of nitrogens with zero attached hydrogens (tertiary/aromatic N) is 3. The molecule has 1 aromatic carbocycles. The summed E-state index contributed by atoms with van der Waals surface area (Å²) in [6, 6.07) is 10.9. The predicted molar refractivity (Wildman–Crippen MR) is 103 cm³/mol. The van der Waals surface area contributed by atoms with Gasteiger partial charge in [-0.15, -0.1) is 0 Å². The van der Waals surface area contributed by atoms with Crippen LogP contribution in [0.1, 0.15) is 53.4 Å². The molecule has 0 bridgehead atoms. The summed E-state index contributed by atoms with van der Waals surface area (Å²) in [6.45, 7) is 7.90. The summed E-state index contributed by atoms with van der Waals surface area (Å²) in [5, 5.41) is 24.1. The number of hydrogen-bond donors (Lipinski definition) is 3. The molecule has 7 heteroatoms. The molecular weight excluding hydrogens is 342 g/mol. The first-order chi connectivity index (χ1) is 12.9. The zero-order valence-corrected chi connectivity index (χ0v) is 16.0. The number of H-pyrrole nitrogens is 1. The molecule has 0 saturated carbocycles. The van der Waals surface area contributed by atoms with Crippen molar-refractivity contribution in [2.75, 3.05) is 6.61 Å². The smallest absolute Gasteiger partial charge is 0.269 e. The van der Waals surface area contributed by atoms with E-state index < -0.39 is 6.04 Å². The summed E-state index contributed by atoms with van der Waals surface area (Å²) >= 11 is 0. The number of aromatic amines is 1. The lowest BCUT2D eigenvalue weighted by Gasteiger charge is -2.15. The molecular formula is C20H25N5O2. The molecule has 3 aromatic rings. The molecule has 0 aliphatic rings. The van der Waals surface area contributed by atoms with Crippen LogP contribution in [0.25, 0.3) is 11.3 Å². The van der Waals surface area contributed by atoms with Gasteiger partial charge in [0.15, 0.2) is 0 Å². The van der Waals surface area contributed by atoms with Crippen molar-refractivity contribution >= 4 is 5.91 Å². The highest BCUT2D eigenvalue weighted by Gasteiger charge is 2.21. The van der Waals surface area contributed by atoms with Gasteiger partial charge in [0, 0.05) is 17.3 Å². The predicted octanol–water partition coefficient (Wildman–Crippen LogP) is 2.93. The van der Waals surface area contributed by atoms with Gasteiger partial charge in [-0.25, -0.2) is 0 Å². The van der Waals surface area contributed by atoms with E-state index in [9.17, 15) is 9.90 Å². The van der Waals surface area contributed by atoms with Crippen LogP contribution in [0, 0.1) is 13.8 Å². The minimum Gasteiger partial charge on any atom is -0.394 e. The molecule has 0 spiro atoms. The average molecular weight is 367 g/mol. The van der Waals surface area contributed by atoms with E-state index in [2.05, 4.69) is 34.5 Å². The summed E-state index contributed by atoms with van der Waals surface area (Å²) in [5.41, 5.74) is 4.69. The van der Waals surface area contributed by atoms with Crippen molar-refractivity contribution in [2.24, 2.45) is 0 Å². The Hall–Kier alpha value is -2.93. The first kappa shape index (κ1) is 18.8. The van der Waals surface area contributed by atoms with Crippen molar-refractivity contribution < 1.29 is 9.90 Å². The highest BCUT2D eigenvalue weighted by atomic mass is 16.3. The van der Waals surface area contributed by atoms with Gasteiger partial charge >= 0.3 is 0 Å². The van der Waals surface area contributed by atoms with Gasteiger partial charge in [-0.1, -0.05) is 30.3 Å². The Morgan fingerprint density at radius 2 is 1.96 bits per heavy atom. The molecule has 0 fully saturated rings. The number of aliphatic hydroxyl groups is 1. The van der Waals surface area contributed by atoms with Gasteiger partial charge in [0.1, 0.15) is 5.69 Å². The van der Waals surface area contributed by atoms with Gasteiger partial charge in [-0.2, -0.15) is 10.2 Å². The van der Waals surface area contributed by atoms with Gasteiger partial charge in [-0.3, -0.25) is 14.6 Å². The molecule has 27 heavy (non-hydrogen) atoms. The monoisotopic (exact) mass is 367 g/mol. The van der Waals surface area contributed by atoms with Crippen molar-refractivity contribution in [3.8, 4) is 11.3 Å². The molecule has 7 nitrogen and oxygen atoms in total. The summed E-state index contributed by atoms with van der Waals surface area (Å²) in [7, 11) is 0. The van der Waals surface area contributed by atoms with Gasteiger partial charge in [0.2, 0.25) is 0 Å². The fourth-order valence-corrected chi connectivity index (χ4v) is 3.26. The number of hydrogen-bond acceptors (Lipinski definition) is 4. The molecule has 3 rings (SSSR count). The third-order valence-corrected chi connectivity index (χ3v) is 4.58. The Kier molecular flexibility index (Phi) is 5.41. The Morgan fingerprint density at radius 3 is 2.56 bits per heavy atom. The second-order valence-electron chi connectivity index (χ2n) is 6.87. The van der Waals surface area contributed by atoms with E-state index in [-0.39, 0.29) is 18.6 Å². The minimum atomic E-state index is -0.474. The third-order valence-electron chi connectivity index (χ3n) is 4.58. The van der Waals surface area contributed by atoms with Crippen LogP contribution in [0.4, 0.5) is 0 Å². The summed E-state index contributed by atoms with van der Waals surface area (Å²) in [4.78, 5) is 12.6. The van der Waals surface area contributed by atoms with Crippen molar-refractivity contribution in [1.82, 2.24) is 25.3 Å². The lowest BCUT2D eigenvalue weighted by atomic mass is 10.1. The van der Waals surface area contributed by atoms with Crippen LogP contribution in [0.2, 0.25) is 0 Å². The average Bonchev–Trinajstić information content (AvgIpc) is 3.24. The summed E-state index contributed by atoms with van der Waals surface area (Å²) in [6.07, 6.45) is 0. The second kappa shape index (κ2) is 7.75. The van der Waals surface area contributed by atoms with E-state index in [0.29, 0.717) is 11.4 Å². The van der Waals surface area contributed by atoms with E-state index in [1.54, 1.807) is 6.07 Å². The maximum absolute atomic E-state index is 12.6. The number of aromatic nitrogens is 4. The first-order valence-electron chi connectivity index (χ1n) is 9.00. The number of carbonyl (C=O) groups is 1. The van der Waals surface area contributed by atoms with Crippen molar-refractivity contribution in [3.05, 3.63) is 59.0 Å². The number of rotatable bonds is 6.